The number of rotatable bonds is 13. The molecule has 0 amide bonds. The molecular formula is C123H84N4. The lowest BCUT2D eigenvalue weighted by molar-refractivity contribution is 0.660. The lowest BCUT2D eigenvalue weighted by Crippen LogP contribution is -2.15. The Kier molecular flexibility index (Phi) is 17.9. The number of hydrogen-bond donors (Lipinski definition) is 0. The average molecular weight is 1620 g/mol. The van der Waals surface area contributed by atoms with Crippen LogP contribution in [0.2, 0.25) is 0 Å². The number of fused-ring (bicyclic) bond motifs is 15. The van der Waals surface area contributed by atoms with Crippen LogP contribution in [0.15, 0.2) is 473 Å². The van der Waals surface area contributed by atoms with Gasteiger partial charge >= 0.3 is 0 Å². The highest BCUT2D eigenvalue weighted by atomic mass is 15.0. The third kappa shape index (κ3) is 12.9. The van der Waals surface area contributed by atoms with Gasteiger partial charge in [0.25, 0.3) is 0 Å². The van der Waals surface area contributed by atoms with Gasteiger partial charge in [-0.2, -0.15) is 0 Å². The van der Waals surface area contributed by atoms with Gasteiger partial charge in [-0.15, -0.1) is 0 Å². The second kappa shape index (κ2) is 30.6. The molecule has 0 spiro atoms. The van der Waals surface area contributed by atoms with E-state index in [9.17, 15) is 0 Å². The Morgan fingerprint density at radius 1 is 0.134 bits per heavy atom. The fraction of sp³-hybridized carbons (Fsp3) is 0.0244. The summed E-state index contributed by atoms with van der Waals surface area (Å²) in [6.07, 6.45) is 0. The van der Waals surface area contributed by atoms with E-state index in [0.29, 0.717) is 0 Å². The predicted octanol–water partition coefficient (Wildman–Crippen LogP) is 33.1. The van der Waals surface area contributed by atoms with Crippen LogP contribution < -0.4 is 0 Å². The van der Waals surface area contributed by atoms with Crippen molar-refractivity contribution in [3.8, 4) is 134 Å². The molecule has 0 radical (unpaired) electrons. The third-order valence-corrected chi connectivity index (χ3v) is 26.6. The Labute approximate surface area is 738 Å². The summed E-state index contributed by atoms with van der Waals surface area (Å²) >= 11 is 0. The Hall–Kier alpha value is -16.4. The van der Waals surface area contributed by atoms with Gasteiger partial charge in [0.1, 0.15) is 0 Å². The van der Waals surface area contributed by atoms with Crippen LogP contribution in [0, 0.1) is 0 Å². The molecule has 596 valence electrons. The first-order valence-electron chi connectivity index (χ1n) is 44.0. The first-order valence-corrected chi connectivity index (χ1v) is 44.0. The van der Waals surface area contributed by atoms with Crippen LogP contribution in [0.5, 0.6) is 0 Å². The minimum atomic E-state index is -0.0958. The van der Waals surface area contributed by atoms with Crippen LogP contribution in [0.3, 0.4) is 0 Å². The van der Waals surface area contributed by atoms with E-state index in [-0.39, 0.29) is 5.41 Å². The standard InChI is InChI=1S/C63H44N2.C60H40N2/c1-63(2)57-22-12-9-19-51(57)52-33-31-50(40-58(52)63)65-59-23-13-10-20-53(59)55-32-29-45(39-62(55)65)48-36-46(43-27-25-42(26-28-43)41-15-5-3-6-16-41)35-47(37-48)44-30-34-61-56(38-44)54-21-11-14-24-60(54)64(61)49-17-7-4-8-18-49;1-4-16-41(17-5-1)43-20-14-21-44(34-43)48-35-49(46-31-33-59-56(39-46)54-27-11-13-29-58(54)61(59)51-23-8-3-9-24-51)37-50(36-48)47-30-32-55-53-26-10-12-28-57(53)62(60(55)40-47)52-25-15-22-45(38-52)42-18-6-2-7-19-42/h3-40H,1-2H3;1-40H. The summed E-state index contributed by atoms with van der Waals surface area (Å²) in [5.74, 6) is 0. The molecule has 0 unspecified atom stereocenters. The van der Waals surface area contributed by atoms with Crippen molar-refractivity contribution in [2.75, 3.05) is 0 Å². The molecule has 25 rings (SSSR count). The molecule has 0 saturated carbocycles. The van der Waals surface area contributed by atoms with Gasteiger partial charge in [0, 0.05) is 71.3 Å². The highest BCUT2D eigenvalue weighted by Crippen LogP contribution is 2.51. The Morgan fingerprint density at radius 3 is 0.850 bits per heavy atom. The van der Waals surface area contributed by atoms with Crippen molar-refractivity contribution in [3.05, 3.63) is 484 Å². The lowest BCUT2D eigenvalue weighted by atomic mass is 9.82. The predicted molar refractivity (Wildman–Crippen MR) is 537 cm³/mol. The Bertz CT molecular complexity index is 8430. The zero-order valence-corrected chi connectivity index (χ0v) is 70.3. The summed E-state index contributed by atoms with van der Waals surface area (Å²) in [5.41, 5.74) is 41.0. The van der Waals surface area contributed by atoms with E-state index in [1.165, 1.54) is 215 Å². The van der Waals surface area contributed by atoms with Crippen LogP contribution in [-0.4, -0.2) is 18.3 Å². The van der Waals surface area contributed by atoms with Crippen LogP contribution in [0.1, 0.15) is 25.0 Å². The largest absolute Gasteiger partial charge is 0.309 e. The minimum absolute atomic E-state index is 0.0958. The second-order valence-corrected chi connectivity index (χ2v) is 34.3. The molecule has 4 nitrogen and oxygen atoms in total. The molecule has 20 aromatic carbocycles. The van der Waals surface area contributed by atoms with E-state index in [0.717, 1.165) is 17.1 Å². The Morgan fingerprint density at radius 2 is 0.394 bits per heavy atom. The van der Waals surface area contributed by atoms with Crippen molar-refractivity contribution >= 4 is 87.2 Å². The summed E-state index contributed by atoms with van der Waals surface area (Å²) in [4.78, 5) is 0. The van der Waals surface area contributed by atoms with Gasteiger partial charge in [-0.3, -0.25) is 0 Å². The zero-order valence-electron chi connectivity index (χ0n) is 70.3. The second-order valence-electron chi connectivity index (χ2n) is 34.3. The summed E-state index contributed by atoms with van der Waals surface area (Å²) < 4.78 is 9.69. The van der Waals surface area contributed by atoms with E-state index in [2.05, 4.69) is 505 Å². The fourth-order valence-electron chi connectivity index (χ4n) is 20.4. The summed E-state index contributed by atoms with van der Waals surface area (Å²) in [7, 11) is 0. The van der Waals surface area contributed by atoms with Gasteiger partial charge in [-0.05, 0) is 274 Å². The van der Waals surface area contributed by atoms with Crippen molar-refractivity contribution in [1.29, 1.82) is 0 Å². The molecule has 4 aromatic heterocycles. The van der Waals surface area contributed by atoms with Crippen LogP contribution >= 0.6 is 0 Å². The molecule has 1 aliphatic rings. The number of benzene rings is 20. The smallest absolute Gasteiger partial charge is 0.0547 e. The van der Waals surface area contributed by atoms with Gasteiger partial charge in [-0.1, -0.05) is 335 Å². The Balaban J connectivity index is 0.000000142. The van der Waals surface area contributed by atoms with Gasteiger partial charge < -0.3 is 18.3 Å². The maximum Gasteiger partial charge on any atom is 0.0547 e. The van der Waals surface area contributed by atoms with Crippen LogP contribution in [-0.2, 0) is 5.41 Å². The first kappa shape index (κ1) is 74.4. The average Bonchev–Trinajstić information content (AvgIpc) is 1.58. The van der Waals surface area contributed by atoms with Crippen LogP contribution in [0.25, 0.3) is 221 Å². The zero-order chi connectivity index (χ0) is 84.2. The topological polar surface area (TPSA) is 19.7 Å². The number of nitrogens with zero attached hydrogens (tertiary/aromatic N) is 4. The molecule has 4 heteroatoms. The van der Waals surface area contributed by atoms with Crippen molar-refractivity contribution < 1.29 is 0 Å². The molecule has 127 heavy (non-hydrogen) atoms. The van der Waals surface area contributed by atoms with Crippen molar-refractivity contribution in [2.45, 2.75) is 19.3 Å². The van der Waals surface area contributed by atoms with E-state index in [4.69, 9.17) is 0 Å². The molecule has 0 saturated heterocycles. The summed E-state index contributed by atoms with van der Waals surface area (Å²) in [5, 5.41) is 9.97. The first-order chi connectivity index (χ1) is 62.7. The lowest BCUT2D eigenvalue weighted by Gasteiger charge is -2.22. The third-order valence-electron chi connectivity index (χ3n) is 26.6. The van der Waals surface area contributed by atoms with Gasteiger partial charge in [0.05, 0.1) is 44.1 Å². The van der Waals surface area contributed by atoms with Gasteiger partial charge in [0.2, 0.25) is 0 Å². The molecule has 24 aromatic rings. The summed E-state index contributed by atoms with van der Waals surface area (Å²) in [6, 6.07) is 174. The minimum Gasteiger partial charge on any atom is -0.309 e. The number of para-hydroxylation sites is 6. The maximum absolute atomic E-state index is 2.48. The maximum atomic E-state index is 2.48. The quantitative estimate of drug-likeness (QED) is 0.110. The van der Waals surface area contributed by atoms with E-state index < -0.39 is 0 Å². The van der Waals surface area contributed by atoms with E-state index in [1.54, 1.807) is 0 Å². The normalized spacial score (nSPS) is 12.2. The van der Waals surface area contributed by atoms with Gasteiger partial charge in [0.15, 0.2) is 0 Å². The monoisotopic (exact) mass is 1620 g/mol. The number of hydrogen-bond acceptors (Lipinski definition) is 0. The molecule has 0 atom stereocenters. The number of aromatic nitrogens is 4. The van der Waals surface area contributed by atoms with Crippen molar-refractivity contribution in [1.82, 2.24) is 18.3 Å². The molecular weight excluding hydrogens is 1530 g/mol. The van der Waals surface area contributed by atoms with E-state index in [1.807, 2.05) is 0 Å². The molecule has 0 aliphatic heterocycles. The van der Waals surface area contributed by atoms with Crippen molar-refractivity contribution in [2.24, 2.45) is 0 Å². The SMILES string of the molecule is CC1(C)c2ccccc2-c2ccc(-n3c4ccccc4c4ccc(-c5cc(-c6ccc(-c7ccccc7)cc6)cc(-c6ccc7c(c6)c6ccccc6n7-c6ccccc6)c5)cc43)cc21.c1ccc(-c2cccc(-c3cc(-c4ccc5c(c4)c4ccccc4n5-c4ccccc4)cc(-c4ccc5c6ccccc6n(-c6cccc(-c7ccccc7)c6)c5c4)c3)c2)cc1. The van der Waals surface area contributed by atoms with E-state index >= 15 is 0 Å². The molecule has 0 N–H and O–H groups in total. The highest BCUT2D eigenvalue weighted by Gasteiger charge is 2.36. The van der Waals surface area contributed by atoms with Crippen molar-refractivity contribution in [3.63, 3.8) is 0 Å². The molecule has 0 fully saturated rings. The summed E-state index contributed by atoms with van der Waals surface area (Å²) in [6.45, 7) is 4.73. The van der Waals surface area contributed by atoms with Gasteiger partial charge in [-0.25, -0.2) is 0 Å². The molecule has 1 aliphatic carbocycles. The molecule has 4 heterocycles. The fourth-order valence-corrected chi connectivity index (χ4v) is 20.4. The van der Waals surface area contributed by atoms with Crippen LogP contribution in [0.4, 0.5) is 0 Å². The highest BCUT2D eigenvalue weighted by molar-refractivity contribution is 6.15. The molecule has 0 bridgehead atoms.